The van der Waals surface area contributed by atoms with E-state index in [-0.39, 0.29) is 6.04 Å². The maximum absolute atomic E-state index is 11.1. The molecule has 0 aromatic carbocycles. The Balaban J connectivity index is 2.13. The number of hydrogen-bond donors (Lipinski definition) is 1. The molecule has 1 heterocycles. The van der Waals surface area contributed by atoms with Gasteiger partial charge < -0.3 is 0 Å². The molecule has 7 nitrogen and oxygen atoms in total. The van der Waals surface area contributed by atoms with Crippen LogP contribution in [0.2, 0.25) is 0 Å². The zero-order chi connectivity index (χ0) is 9.68. The van der Waals surface area contributed by atoms with Crippen molar-refractivity contribution < 1.29 is 17.0 Å². The summed E-state index contributed by atoms with van der Waals surface area (Å²) in [6.07, 6.45) is 1.66. The van der Waals surface area contributed by atoms with Gasteiger partial charge in [0.1, 0.15) is 0 Å². The third-order valence-electron chi connectivity index (χ3n) is 1.64. The fraction of sp³-hybridized carbons (Fsp3) is 0.800. The van der Waals surface area contributed by atoms with E-state index in [9.17, 15) is 14.9 Å². The van der Waals surface area contributed by atoms with Crippen molar-refractivity contribution in [2.45, 2.75) is 18.9 Å². The number of carbonyl (C=O) groups is 1. The van der Waals surface area contributed by atoms with Gasteiger partial charge >= 0.3 is 82.0 Å². The number of rotatable bonds is 4. The van der Waals surface area contributed by atoms with Gasteiger partial charge in [0, 0.05) is 0 Å². The fourth-order valence-corrected chi connectivity index (χ4v) is 1.85. The summed E-state index contributed by atoms with van der Waals surface area (Å²) in [5, 5.41) is 11.7. The molecule has 0 amide bonds. The Morgan fingerprint density at radius 3 is 3.00 bits per heavy atom. The Kier molecular flexibility index (Phi) is 4.06. The average molecular weight is 246 g/mol. The molecule has 1 fully saturated rings. The van der Waals surface area contributed by atoms with Gasteiger partial charge in [-0.15, -0.1) is 0 Å². The minimum atomic E-state index is -1.95. The Morgan fingerprint density at radius 1 is 1.69 bits per heavy atom. The zero-order valence-electron chi connectivity index (χ0n) is 6.76. The van der Waals surface area contributed by atoms with E-state index in [1.807, 2.05) is 0 Å². The van der Waals surface area contributed by atoms with Gasteiger partial charge in [0.15, 0.2) is 0 Å². The normalized spacial score (nSPS) is 20.8. The molecule has 0 aromatic heterocycles. The first-order chi connectivity index (χ1) is 6.20. The maximum atomic E-state index is 11.1. The van der Waals surface area contributed by atoms with Gasteiger partial charge in [-0.3, -0.25) is 0 Å². The van der Waals surface area contributed by atoms with Crippen LogP contribution < -0.4 is 5.32 Å². The number of hydrogen-bond acceptors (Lipinski definition) is 6. The van der Waals surface area contributed by atoms with E-state index >= 15 is 0 Å². The number of nitrogens with one attached hydrogen (secondary N) is 1. The Labute approximate surface area is 82.5 Å². The van der Waals surface area contributed by atoms with E-state index in [2.05, 4.69) is 12.5 Å². The van der Waals surface area contributed by atoms with Crippen molar-refractivity contribution in [3.63, 3.8) is 0 Å². The molecule has 1 aliphatic heterocycles. The van der Waals surface area contributed by atoms with Crippen LogP contribution in [-0.2, 0) is 12.0 Å². The van der Waals surface area contributed by atoms with Crippen molar-refractivity contribution in [2.75, 3.05) is 6.54 Å². The third-order valence-corrected chi connectivity index (χ3v) is 2.87. The van der Waals surface area contributed by atoms with Gasteiger partial charge in [0.25, 0.3) is 0 Å². The van der Waals surface area contributed by atoms with Crippen LogP contribution in [0.4, 0.5) is 0 Å². The van der Waals surface area contributed by atoms with E-state index in [4.69, 9.17) is 0 Å². The summed E-state index contributed by atoms with van der Waals surface area (Å²) >= 11 is -1.95. The Morgan fingerprint density at radius 2 is 2.46 bits per heavy atom. The second kappa shape index (κ2) is 5.10. The second-order valence-corrected chi connectivity index (χ2v) is 3.85. The van der Waals surface area contributed by atoms with Crippen LogP contribution in [0.5, 0.6) is 0 Å². The molecule has 0 unspecified atom stereocenters. The third kappa shape index (κ3) is 3.66. The van der Waals surface area contributed by atoms with Crippen LogP contribution in [-0.4, -0.2) is 41.8 Å². The van der Waals surface area contributed by atoms with Crippen LogP contribution in [0.3, 0.4) is 0 Å². The summed E-state index contributed by atoms with van der Waals surface area (Å²) in [6.45, 7) is 0.791. The molecule has 1 radical (unpaired) electrons. The standard InChI is InChI=1S/C5H9NO2.Ga.NO3/c7-5(8)4-2-1-3-6-4;;2-1(3)4/h4,6H,1-3H2,(H,7,8);;/q;+2;-1/p-1/t4-;;/m0../s1. The van der Waals surface area contributed by atoms with Crippen LogP contribution in [0.1, 0.15) is 12.8 Å². The predicted octanol–water partition coefficient (Wildman–Crippen LogP) is -0.976. The summed E-state index contributed by atoms with van der Waals surface area (Å²) in [5.41, 5.74) is 0. The molecule has 0 aliphatic carbocycles. The molecule has 1 rings (SSSR count). The SMILES string of the molecule is O=C([O][Ga][O][N+](=O)[O-])[C@@H]1CCCN1. The van der Waals surface area contributed by atoms with Gasteiger partial charge in [-0.05, 0) is 0 Å². The molecule has 0 bridgehead atoms. The van der Waals surface area contributed by atoms with Crippen molar-refractivity contribution >= 4 is 24.1 Å². The van der Waals surface area contributed by atoms with Crippen LogP contribution >= 0.6 is 0 Å². The van der Waals surface area contributed by atoms with Gasteiger partial charge in [0.05, 0.1) is 0 Å². The summed E-state index contributed by atoms with van der Waals surface area (Å²) in [6, 6.07) is -0.299. The van der Waals surface area contributed by atoms with Crippen molar-refractivity contribution in [3.05, 3.63) is 10.1 Å². The van der Waals surface area contributed by atoms with Gasteiger partial charge in [-0.1, -0.05) is 0 Å². The van der Waals surface area contributed by atoms with Crippen molar-refractivity contribution in [2.24, 2.45) is 0 Å². The first-order valence-electron chi connectivity index (χ1n) is 3.77. The molecule has 13 heavy (non-hydrogen) atoms. The molecular formula is C5H8GaN2O5. The van der Waals surface area contributed by atoms with Gasteiger partial charge in [-0.2, -0.15) is 0 Å². The second-order valence-electron chi connectivity index (χ2n) is 2.51. The fourth-order valence-electron chi connectivity index (χ4n) is 1.07. The number of nitrogens with zero attached hydrogens (tertiary/aromatic N) is 1. The zero-order valence-corrected chi connectivity index (χ0v) is 9.19. The predicted molar refractivity (Wildman–Crippen MR) is 41.0 cm³/mol. The molecule has 1 aliphatic rings. The van der Waals surface area contributed by atoms with E-state index in [0.717, 1.165) is 19.4 Å². The minimum absolute atomic E-state index is 0.299. The van der Waals surface area contributed by atoms with E-state index in [1.165, 1.54) is 0 Å². The van der Waals surface area contributed by atoms with Gasteiger partial charge in [-0.25, -0.2) is 0 Å². The summed E-state index contributed by atoms with van der Waals surface area (Å²) in [5.74, 6) is -0.431. The summed E-state index contributed by atoms with van der Waals surface area (Å²) in [4.78, 5) is 20.8. The van der Waals surface area contributed by atoms with E-state index < -0.39 is 29.2 Å². The van der Waals surface area contributed by atoms with Gasteiger partial charge in [0.2, 0.25) is 0 Å². The molecular weight excluding hydrogens is 238 g/mol. The number of carbonyl (C=O) groups excluding carboxylic acids is 1. The van der Waals surface area contributed by atoms with Crippen LogP contribution in [0.15, 0.2) is 0 Å². The topological polar surface area (TPSA) is 90.7 Å². The molecule has 0 spiro atoms. The van der Waals surface area contributed by atoms with Crippen molar-refractivity contribution in [1.82, 2.24) is 5.32 Å². The molecule has 0 aromatic rings. The van der Waals surface area contributed by atoms with Crippen molar-refractivity contribution in [1.29, 1.82) is 0 Å². The molecule has 1 saturated heterocycles. The molecule has 8 heteroatoms. The first-order valence-corrected chi connectivity index (χ1v) is 5.74. The Bertz CT molecular complexity index is 205. The summed E-state index contributed by atoms with van der Waals surface area (Å²) in [7, 11) is 0. The molecule has 71 valence electrons. The van der Waals surface area contributed by atoms with E-state index in [0.29, 0.717) is 0 Å². The molecule has 1 N–H and O–H groups in total. The monoisotopic (exact) mass is 245 g/mol. The Hall–Kier alpha value is -0.734. The molecule has 0 saturated carbocycles. The van der Waals surface area contributed by atoms with Crippen LogP contribution in [0, 0.1) is 10.1 Å². The van der Waals surface area contributed by atoms with Crippen LogP contribution in [0.25, 0.3) is 0 Å². The average Bonchev–Trinajstić information content (AvgIpc) is 2.55. The summed E-state index contributed by atoms with van der Waals surface area (Å²) < 4.78 is 8.61. The first kappa shape index (κ1) is 10.3. The van der Waals surface area contributed by atoms with Crippen molar-refractivity contribution in [3.8, 4) is 0 Å². The van der Waals surface area contributed by atoms with E-state index in [1.54, 1.807) is 0 Å². The molecule has 1 atom stereocenters. The quantitative estimate of drug-likeness (QED) is 0.389.